The van der Waals surface area contributed by atoms with Crippen molar-refractivity contribution in [3.8, 4) is 0 Å². The van der Waals surface area contributed by atoms with Crippen molar-refractivity contribution in [2.24, 2.45) is 0 Å². The predicted molar refractivity (Wildman–Crippen MR) is 69.4 cm³/mol. The number of nitrogens with one attached hydrogen (secondary N) is 1. The lowest BCUT2D eigenvalue weighted by Gasteiger charge is -2.31. The molecule has 1 aliphatic heterocycles. The molecule has 3 nitrogen and oxygen atoms in total. The van der Waals surface area contributed by atoms with E-state index >= 15 is 0 Å². The molecule has 1 aliphatic rings. The first kappa shape index (κ1) is 15.0. The molecule has 0 saturated carbocycles. The molecule has 0 radical (unpaired) electrons. The highest BCUT2D eigenvalue weighted by Gasteiger charge is 2.35. The summed E-state index contributed by atoms with van der Waals surface area (Å²) in [5.74, 6) is -3.28. The molecule has 1 aromatic carbocycles. The third-order valence-electron chi connectivity index (χ3n) is 3.24. The fourth-order valence-corrected chi connectivity index (χ4v) is 2.20. The lowest BCUT2D eigenvalue weighted by atomic mass is 10.1. The van der Waals surface area contributed by atoms with Crippen LogP contribution in [0.3, 0.4) is 0 Å². The standard InChI is InChI=1S/C13H14ClF3N2O/c14-10-3-1-2-9(11(10)15)8-18-12(20)19-6-4-13(16,17)5-7-19/h1-3H,4-8H2,(H,18,20). The number of halogens is 4. The minimum absolute atomic E-state index is 0.00311. The zero-order valence-corrected chi connectivity index (χ0v) is 11.4. The summed E-state index contributed by atoms with van der Waals surface area (Å²) in [6.07, 6.45) is -0.683. The van der Waals surface area contributed by atoms with Crippen molar-refractivity contribution < 1.29 is 18.0 Å². The van der Waals surface area contributed by atoms with Crippen LogP contribution < -0.4 is 5.32 Å². The molecule has 0 unspecified atom stereocenters. The Bertz CT molecular complexity index is 500. The van der Waals surface area contributed by atoms with E-state index in [-0.39, 0.29) is 43.1 Å². The summed E-state index contributed by atoms with van der Waals surface area (Å²) in [5, 5.41) is 2.49. The Morgan fingerprint density at radius 2 is 2.00 bits per heavy atom. The number of hydrogen-bond acceptors (Lipinski definition) is 1. The maximum absolute atomic E-state index is 13.6. The van der Waals surface area contributed by atoms with Crippen LogP contribution in [0.25, 0.3) is 0 Å². The number of rotatable bonds is 2. The molecular formula is C13H14ClF3N2O. The third-order valence-corrected chi connectivity index (χ3v) is 3.54. The van der Waals surface area contributed by atoms with Gasteiger partial charge in [0.15, 0.2) is 0 Å². The summed E-state index contributed by atoms with van der Waals surface area (Å²) in [6, 6.07) is 4.02. The van der Waals surface area contributed by atoms with Gasteiger partial charge in [0.25, 0.3) is 5.92 Å². The molecule has 1 heterocycles. The van der Waals surface area contributed by atoms with Gasteiger partial charge in [0, 0.05) is 38.0 Å². The highest BCUT2D eigenvalue weighted by atomic mass is 35.5. The van der Waals surface area contributed by atoms with Crippen molar-refractivity contribution >= 4 is 17.6 Å². The van der Waals surface area contributed by atoms with E-state index in [1.807, 2.05) is 0 Å². The second-order valence-electron chi connectivity index (χ2n) is 4.71. The van der Waals surface area contributed by atoms with E-state index in [1.54, 1.807) is 6.07 Å². The van der Waals surface area contributed by atoms with Gasteiger partial charge in [-0.15, -0.1) is 0 Å². The highest BCUT2D eigenvalue weighted by Crippen LogP contribution is 2.27. The molecule has 0 spiro atoms. The van der Waals surface area contributed by atoms with Gasteiger partial charge >= 0.3 is 6.03 Å². The molecule has 1 aromatic rings. The molecular weight excluding hydrogens is 293 g/mol. The van der Waals surface area contributed by atoms with Crippen LogP contribution in [0, 0.1) is 5.82 Å². The summed E-state index contributed by atoms with van der Waals surface area (Å²) < 4.78 is 39.5. The van der Waals surface area contributed by atoms with Crippen LogP contribution >= 0.6 is 11.6 Å². The lowest BCUT2D eigenvalue weighted by molar-refractivity contribution is -0.0469. The molecule has 0 atom stereocenters. The number of amides is 2. The van der Waals surface area contributed by atoms with Crippen LogP contribution in [0.5, 0.6) is 0 Å². The number of alkyl halides is 2. The average Bonchev–Trinajstić information content (AvgIpc) is 2.40. The lowest BCUT2D eigenvalue weighted by Crippen LogP contribution is -2.47. The van der Waals surface area contributed by atoms with E-state index in [2.05, 4.69) is 5.32 Å². The minimum atomic E-state index is -2.70. The van der Waals surface area contributed by atoms with Gasteiger partial charge in [0.1, 0.15) is 5.82 Å². The van der Waals surface area contributed by atoms with Crippen molar-refractivity contribution in [3.63, 3.8) is 0 Å². The van der Waals surface area contributed by atoms with Crippen molar-refractivity contribution in [1.29, 1.82) is 0 Å². The number of urea groups is 1. The molecule has 20 heavy (non-hydrogen) atoms. The third kappa shape index (κ3) is 3.56. The molecule has 1 saturated heterocycles. The SMILES string of the molecule is O=C(NCc1cccc(Cl)c1F)N1CCC(F)(F)CC1. The van der Waals surface area contributed by atoms with Crippen LogP contribution in [0.15, 0.2) is 18.2 Å². The number of likely N-dealkylation sites (tertiary alicyclic amines) is 1. The summed E-state index contributed by atoms with van der Waals surface area (Å²) in [6.45, 7) is -0.0359. The van der Waals surface area contributed by atoms with Crippen LogP contribution in [-0.2, 0) is 6.54 Å². The van der Waals surface area contributed by atoms with Gasteiger partial charge in [-0.25, -0.2) is 18.0 Å². The van der Waals surface area contributed by atoms with Crippen molar-refractivity contribution in [3.05, 3.63) is 34.6 Å². The number of hydrogen-bond donors (Lipinski definition) is 1. The largest absolute Gasteiger partial charge is 0.334 e. The molecule has 2 amide bonds. The van der Waals surface area contributed by atoms with Crippen molar-refractivity contribution in [2.45, 2.75) is 25.3 Å². The van der Waals surface area contributed by atoms with Gasteiger partial charge in [-0.3, -0.25) is 0 Å². The number of carbonyl (C=O) groups is 1. The summed E-state index contributed by atoms with van der Waals surface area (Å²) >= 11 is 5.63. The summed E-state index contributed by atoms with van der Waals surface area (Å²) in [4.78, 5) is 13.1. The topological polar surface area (TPSA) is 32.3 Å². The fraction of sp³-hybridized carbons (Fsp3) is 0.462. The number of carbonyl (C=O) groups excluding carboxylic acids is 1. The Morgan fingerprint density at radius 3 is 2.65 bits per heavy atom. The monoisotopic (exact) mass is 306 g/mol. The predicted octanol–water partition coefficient (Wildman–Crippen LogP) is 3.42. The normalized spacial score (nSPS) is 17.9. The molecule has 7 heteroatoms. The second kappa shape index (κ2) is 5.91. The first-order chi connectivity index (χ1) is 9.39. The molecule has 0 aliphatic carbocycles. The number of nitrogens with zero attached hydrogens (tertiary/aromatic N) is 1. The van der Waals surface area contributed by atoms with Gasteiger partial charge in [-0.2, -0.15) is 0 Å². The summed E-state index contributed by atoms with van der Waals surface area (Å²) in [7, 11) is 0. The zero-order chi connectivity index (χ0) is 14.8. The quantitative estimate of drug-likeness (QED) is 0.892. The van der Waals surface area contributed by atoms with Gasteiger partial charge < -0.3 is 10.2 Å². The maximum Gasteiger partial charge on any atom is 0.317 e. The molecule has 1 fully saturated rings. The highest BCUT2D eigenvalue weighted by molar-refractivity contribution is 6.30. The molecule has 0 bridgehead atoms. The Kier molecular flexibility index (Phi) is 4.42. The Morgan fingerprint density at radius 1 is 1.35 bits per heavy atom. The Balaban J connectivity index is 1.88. The van der Waals surface area contributed by atoms with Crippen LogP contribution in [-0.4, -0.2) is 29.9 Å². The van der Waals surface area contributed by atoms with Crippen molar-refractivity contribution in [2.75, 3.05) is 13.1 Å². The average molecular weight is 307 g/mol. The first-order valence-electron chi connectivity index (χ1n) is 6.22. The Hall–Kier alpha value is -1.43. The molecule has 0 aromatic heterocycles. The van der Waals surface area contributed by atoms with E-state index < -0.39 is 17.8 Å². The second-order valence-corrected chi connectivity index (χ2v) is 5.12. The number of piperidine rings is 1. The van der Waals surface area contributed by atoms with Gasteiger partial charge in [-0.1, -0.05) is 23.7 Å². The molecule has 2 rings (SSSR count). The smallest absolute Gasteiger partial charge is 0.317 e. The van der Waals surface area contributed by atoms with E-state index in [4.69, 9.17) is 11.6 Å². The van der Waals surface area contributed by atoms with Crippen molar-refractivity contribution in [1.82, 2.24) is 10.2 Å². The zero-order valence-electron chi connectivity index (χ0n) is 10.6. The van der Waals surface area contributed by atoms with E-state index in [1.165, 1.54) is 17.0 Å². The maximum atomic E-state index is 13.6. The minimum Gasteiger partial charge on any atom is -0.334 e. The van der Waals surface area contributed by atoms with Gasteiger partial charge in [0.05, 0.1) is 5.02 Å². The number of benzene rings is 1. The van der Waals surface area contributed by atoms with E-state index in [0.717, 1.165) is 0 Å². The first-order valence-corrected chi connectivity index (χ1v) is 6.60. The van der Waals surface area contributed by atoms with Crippen LogP contribution in [0.2, 0.25) is 5.02 Å². The van der Waals surface area contributed by atoms with Crippen LogP contribution in [0.4, 0.5) is 18.0 Å². The van der Waals surface area contributed by atoms with Crippen LogP contribution in [0.1, 0.15) is 18.4 Å². The summed E-state index contributed by atoms with van der Waals surface area (Å²) in [5.41, 5.74) is 0.258. The molecule has 110 valence electrons. The fourth-order valence-electron chi connectivity index (χ4n) is 2.00. The Labute approximate surface area is 119 Å². The van der Waals surface area contributed by atoms with E-state index in [0.29, 0.717) is 0 Å². The molecule has 1 N–H and O–H groups in total. The van der Waals surface area contributed by atoms with Gasteiger partial charge in [0.2, 0.25) is 0 Å². The van der Waals surface area contributed by atoms with E-state index in [9.17, 15) is 18.0 Å². The van der Waals surface area contributed by atoms with Gasteiger partial charge in [-0.05, 0) is 6.07 Å².